The van der Waals surface area contributed by atoms with Crippen molar-refractivity contribution in [2.24, 2.45) is 0 Å². The van der Waals surface area contributed by atoms with E-state index in [1.807, 2.05) is 14.0 Å². The number of aryl methyl sites for hydroxylation is 2. The maximum atomic E-state index is 11.2. The van der Waals surface area contributed by atoms with Crippen molar-refractivity contribution in [2.75, 3.05) is 13.2 Å². The highest BCUT2D eigenvalue weighted by molar-refractivity contribution is 7.61. The van der Waals surface area contributed by atoms with Crippen LogP contribution in [0.4, 0.5) is 0 Å². The van der Waals surface area contributed by atoms with Crippen molar-refractivity contribution in [2.45, 2.75) is 34.6 Å². The van der Waals surface area contributed by atoms with Gasteiger partial charge in [0.05, 0.1) is 13.2 Å². The van der Waals surface area contributed by atoms with Gasteiger partial charge in [0.1, 0.15) is 0 Å². The number of carbonyl (C=O) groups excluding carboxylic acids is 3. The highest BCUT2D eigenvalue weighted by Crippen LogP contribution is 2.08. The number of aromatic nitrogens is 4. The Bertz CT molecular complexity index is 937. The number of rotatable bonds is 6. The molecular formula is C18H25B10Cl2N4O5-. The van der Waals surface area contributed by atoms with Gasteiger partial charge in [0.2, 0.25) is 16.4 Å². The zero-order valence-corrected chi connectivity index (χ0v) is 23.4. The average Bonchev–Trinajstić information content (AvgIpc) is 2.89. The van der Waals surface area contributed by atoms with E-state index in [2.05, 4.69) is 24.7 Å². The number of ether oxygens (including phenoxy) is 2. The van der Waals surface area contributed by atoms with Gasteiger partial charge < -0.3 is 9.47 Å². The largest absolute Gasteiger partial charge is 0.461 e. The van der Waals surface area contributed by atoms with Gasteiger partial charge in [-0.05, 0) is 78.3 Å². The first-order valence-corrected chi connectivity index (χ1v) is 11.5. The van der Waals surface area contributed by atoms with Crippen molar-refractivity contribution < 1.29 is 23.9 Å². The Morgan fingerprint density at radius 3 is 1.67 bits per heavy atom. The summed E-state index contributed by atoms with van der Waals surface area (Å²) in [6.07, 6.45) is 4.25. The molecule has 0 aliphatic carbocycles. The van der Waals surface area contributed by atoms with Gasteiger partial charge in [-0.3, -0.25) is 4.79 Å². The molecule has 0 N–H and O–H groups in total. The van der Waals surface area contributed by atoms with Crippen molar-refractivity contribution in [3.05, 3.63) is 46.0 Å². The summed E-state index contributed by atoms with van der Waals surface area (Å²) < 4.78 is 9.09. The molecule has 0 saturated heterocycles. The number of hydrogen-bond donors (Lipinski definition) is 0. The number of nitrogens with zero attached hydrogens (tertiary/aromatic N) is 4. The van der Waals surface area contributed by atoms with Crippen LogP contribution in [-0.4, -0.2) is 124 Å². The van der Waals surface area contributed by atoms with Gasteiger partial charge in [-0.1, -0.05) is 7.74 Å². The summed E-state index contributed by atoms with van der Waals surface area (Å²) >= 11 is 10.9. The number of ketones is 1. The Balaban J connectivity index is -0.000000439. The van der Waals surface area contributed by atoms with Crippen LogP contribution < -0.4 is 0 Å². The summed E-state index contributed by atoms with van der Waals surface area (Å²) in [6.45, 7) is 8.78. The van der Waals surface area contributed by atoms with Crippen LogP contribution in [0, 0.1) is 13.8 Å². The highest BCUT2D eigenvalue weighted by atomic mass is 35.5. The lowest BCUT2D eigenvalue weighted by atomic mass is 8.97. The first-order valence-electron chi connectivity index (χ1n) is 10.7. The molecule has 0 aromatic carbocycles. The quantitative estimate of drug-likeness (QED) is 0.183. The van der Waals surface area contributed by atoms with Crippen LogP contribution in [0.1, 0.15) is 42.4 Å². The SMILES string of the molecule is CCOC(=O)C(C)=O.CCOC(=O)c1nc(Cl)ncc1C.Cc1cnc(Cl)nc1.[B]B([B])[B][BH3-].[B][B]B([B])[B]. The second-order valence-electron chi connectivity index (χ2n) is 6.54. The summed E-state index contributed by atoms with van der Waals surface area (Å²) in [5.74, 6) is -1.77. The van der Waals surface area contributed by atoms with Gasteiger partial charge in [0, 0.05) is 67.7 Å². The maximum Gasteiger partial charge on any atom is 0.374 e. The van der Waals surface area contributed by atoms with Crippen LogP contribution in [0.25, 0.3) is 0 Å². The third-order valence-corrected chi connectivity index (χ3v) is 3.32. The van der Waals surface area contributed by atoms with Crippen LogP contribution in [0.3, 0.4) is 0 Å². The van der Waals surface area contributed by atoms with Gasteiger partial charge in [0.15, 0.2) is 5.69 Å². The van der Waals surface area contributed by atoms with Crippen LogP contribution in [0.2, 0.25) is 10.6 Å². The molecule has 2 aromatic rings. The molecule has 39 heavy (non-hydrogen) atoms. The first kappa shape index (κ1) is 41.5. The fourth-order valence-electron chi connectivity index (χ4n) is 1.44. The number of Topliss-reactive ketones (excluding diaryl/α,β-unsaturated/α-hetero) is 1. The van der Waals surface area contributed by atoms with Crippen molar-refractivity contribution in [1.29, 1.82) is 0 Å². The van der Waals surface area contributed by atoms with Crippen molar-refractivity contribution in [3.63, 3.8) is 0 Å². The maximum absolute atomic E-state index is 11.2. The smallest absolute Gasteiger partial charge is 0.374 e. The van der Waals surface area contributed by atoms with Gasteiger partial charge in [-0.2, -0.15) is 7.06 Å². The van der Waals surface area contributed by atoms with E-state index in [1.54, 1.807) is 33.2 Å². The Kier molecular flexibility index (Phi) is 27.9. The van der Waals surface area contributed by atoms with E-state index >= 15 is 0 Å². The molecule has 21 heteroatoms. The summed E-state index contributed by atoms with van der Waals surface area (Å²) in [5, 5.41) is 0.351. The molecule has 12 radical (unpaired) electrons. The summed E-state index contributed by atoms with van der Waals surface area (Å²) in [5.41, 5.74) is 1.90. The van der Waals surface area contributed by atoms with Crippen LogP contribution in [0.5, 0.6) is 0 Å². The van der Waals surface area contributed by atoms with Crippen molar-refractivity contribution in [3.8, 4) is 0 Å². The molecule has 2 heterocycles. The van der Waals surface area contributed by atoms with E-state index in [9.17, 15) is 14.4 Å². The number of halogens is 2. The second kappa shape index (κ2) is 26.2. The van der Waals surface area contributed by atoms with Gasteiger partial charge >= 0.3 is 11.9 Å². The summed E-state index contributed by atoms with van der Waals surface area (Å²) in [7, 11) is 28.3. The molecule has 2 rings (SSSR count). The number of carbonyl (C=O) groups is 3. The molecule has 0 amide bonds. The minimum Gasteiger partial charge on any atom is -0.461 e. The molecule has 0 atom stereocenters. The first-order chi connectivity index (χ1) is 18.2. The lowest BCUT2D eigenvalue weighted by molar-refractivity contribution is -0.152. The van der Waals surface area contributed by atoms with Crippen LogP contribution in [-0.2, 0) is 19.1 Å². The minimum atomic E-state index is -0.757. The lowest BCUT2D eigenvalue weighted by Crippen LogP contribution is -2.23. The van der Waals surface area contributed by atoms with E-state index in [0.29, 0.717) is 25.2 Å². The molecule has 0 fully saturated rings. The molecule has 9 nitrogen and oxygen atoms in total. The monoisotopic (exact) mass is 557 g/mol. The van der Waals surface area contributed by atoms with Crippen molar-refractivity contribution >= 4 is 114 Å². The van der Waals surface area contributed by atoms with E-state index in [4.69, 9.17) is 66.6 Å². The van der Waals surface area contributed by atoms with Crippen molar-refractivity contribution in [1.82, 2.24) is 19.9 Å². The molecule has 0 unspecified atom stereocenters. The van der Waals surface area contributed by atoms with Crippen LogP contribution >= 0.6 is 23.2 Å². The van der Waals surface area contributed by atoms with Gasteiger partial charge in [0.25, 0.3) is 0 Å². The predicted octanol–water partition coefficient (Wildman–Crippen LogP) is -1.42. The highest BCUT2D eigenvalue weighted by Gasteiger charge is 2.12. The molecule has 2 aromatic heterocycles. The average molecular weight is 556 g/mol. The standard InChI is InChI=1S/C8H9ClN2O2.C5H5ClN2.C5H8O3.B5H3.B5/c1-3-13-7(12)6-5(2)4-10-8(9)11-6;1-4-2-7-5(6)8-3-4;1-3-8-5(7)4(2)6;2*1-4-5(2)3/h4H,3H2,1-2H3;2-3H,1H3;3H2,1-2H3;1H3;/q;;;-1;. The Morgan fingerprint density at radius 1 is 0.923 bits per heavy atom. The minimum absolute atomic E-state index is 0.0497. The Hall–Kier alpha value is -2.00. The molecule has 0 bridgehead atoms. The summed E-state index contributed by atoms with van der Waals surface area (Å²) in [4.78, 5) is 46.4. The molecule has 0 spiro atoms. The van der Waals surface area contributed by atoms with E-state index in [0.717, 1.165) is 5.56 Å². The zero-order chi connectivity index (χ0) is 31.0. The molecule has 0 saturated carbocycles. The lowest BCUT2D eigenvalue weighted by Gasteiger charge is -2.03. The molecule has 0 aliphatic rings. The molecule has 0 aliphatic heterocycles. The zero-order valence-electron chi connectivity index (χ0n) is 21.9. The van der Waals surface area contributed by atoms with E-state index in [-0.39, 0.29) is 24.0 Å². The third kappa shape index (κ3) is 27.4. The normalized spacial score (nSPS) is 8.51. The fraction of sp³-hybridized carbons (Fsp3) is 0.389. The fourth-order valence-corrected chi connectivity index (χ4v) is 1.67. The number of hydrogen-bond acceptors (Lipinski definition) is 9. The second-order valence-corrected chi connectivity index (χ2v) is 7.22. The van der Waals surface area contributed by atoms with E-state index < -0.39 is 24.1 Å². The van der Waals surface area contributed by atoms with Gasteiger partial charge in [-0.15, -0.1) is 0 Å². The molecular weight excluding hydrogens is 531 g/mol. The third-order valence-electron chi connectivity index (χ3n) is 2.95. The van der Waals surface area contributed by atoms with E-state index in [1.165, 1.54) is 20.2 Å². The van der Waals surface area contributed by atoms with Crippen LogP contribution in [0.15, 0.2) is 18.6 Å². The predicted molar refractivity (Wildman–Crippen MR) is 169 cm³/mol. The summed E-state index contributed by atoms with van der Waals surface area (Å²) in [6, 6.07) is 0. The Morgan fingerprint density at radius 2 is 1.36 bits per heavy atom. The topological polar surface area (TPSA) is 121 Å². The Labute approximate surface area is 251 Å². The number of esters is 2. The molecule has 192 valence electrons. The van der Waals surface area contributed by atoms with Gasteiger partial charge in [-0.25, -0.2) is 29.5 Å².